The van der Waals surface area contributed by atoms with Gasteiger partial charge in [-0.15, -0.1) is 0 Å². The number of aryl methyl sites for hydroxylation is 1. The fourth-order valence-corrected chi connectivity index (χ4v) is 1.94. The average Bonchev–Trinajstić information content (AvgIpc) is 2.65. The third kappa shape index (κ3) is 4.01. The monoisotopic (exact) mass is 223 g/mol. The van der Waals surface area contributed by atoms with Crippen molar-refractivity contribution >= 4 is 0 Å². The molecule has 0 radical (unpaired) electrons. The van der Waals surface area contributed by atoms with Crippen LogP contribution in [0.25, 0.3) is 0 Å². The van der Waals surface area contributed by atoms with E-state index < -0.39 is 0 Å². The summed E-state index contributed by atoms with van der Waals surface area (Å²) in [7, 11) is 0. The van der Waals surface area contributed by atoms with Crippen LogP contribution in [-0.2, 0) is 0 Å². The standard InChI is InChI=1S/C14H25NO/c1-5-9-15-14(7-6-11(2)3)13-8-10-16-12(13)4/h8,10-11,14-15H,5-7,9H2,1-4H3. The Morgan fingerprint density at radius 3 is 2.56 bits per heavy atom. The lowest BCUT2D eigenvalue weighted by Gasteiger charge is -2.19. The molecule has 1 atom stereocenters. The van der Waals surface area contributed by atoms with Gasteiger partial charge in [0, 0.05) is 11.6 Å². The Kier molecular flexibility index (Phi) is 5.61. The molecular weight excluding hydrogens is 198 g/mol. The summed E-state index contributed by atoms with van der Waals surface area (Å²) >= 11 is 0. The third-order valence-corrected chi connectivity index (χ3v) is 2.95. The smallest absolute Gasteiger partial charge is 0.105 e. The molecule has 1 aromatic rings. The van der Waals surface area contributed by atoms with Crippen molar-refractivity contribution in [3.05, 3.63) is 23.7 Å². The van der Waals surface area contributed by atoms with Gasteiger partial charge in [0.15, 0.2) is 0 Å². The van der Waals surface area contributed by atoms with E-state index in [1.54, 1.807) is 6.26 Å². The van der Waals surface area contributed by atoms with Crippen LogP contribution < -0.4 is 5.32 Å². The summed E-state index contributed by atoms with van der Waals surface area (Å²) < 4.78 is 5.39. The van der Waals surface area contributed by atoms with Crippen LogP contribution in [0.1, 0.15) is 57.4 Å². The summed E-state index contributed by atoms with van der Waals surface area (Å²) in [6, 6.07) is 2.56. The number of furan rings is 1. The molecule has 16 heavy (non-hydrogen) atoms. The van der Waals surface area contributed by atoms with E-state index >= 15 is 0 Å². The summed E-state index contributed by atoms with van der Waals surface area (Å²) in [5.41, 5.74) is 1.33. The molecule has 1 aromatic heterocycles. The van der Waals surface area contributed by atoms with Crippen LogP contribution in [0.5, 0.6) is 0 Å². The van der Waals surface area contributed by atoms with Crippen molar-refractivity contribution in [3.8, 4) is 0 Å². The molecule has 2 heteroatoms. The fourth-order valence-electron chi connectivity index (χ4n) is 1.94. The number of rotatable bonds is 7. The highest BCUT2D eigenvalue weighted by Crippen LogP contribution is 2.24. The van der Waals surface area contributed by atoms with Crippen molar-refractivity contribution in [1.82, 2.24) is 5.32 Å². The molecule has 0 aromatic carbocycles. The summed E-state index contributed by atoms with van der Waals surface area (Å²) in [5.74, 6) is 1.82. The summed E-state index contributed by atoms with van der Waals surface area (Å²) in [4.78, 5) is 0. The zero-order valence-corrected chi connectivity index (χ0v) is 11.0. The minimum Gasteiger partial charge on any atom is -0.469 e. The van der Waals surface area contributed by atoms with E-state index in [2.05, 4.69) is 32.2 Å². The topological polar surface area (TPSA) is 25.2 Å². The van der Waals surface area contributed by atoms with Crippen LogP contribution in [0.2, 0.25) is 0 Å². The second-order valence-corrected chi connectivity index (χ2v) is 4.91. The van der Waals surface area contributed by atoms with Gasteiger partial charge in [-0.3, -0.25) is 0 Å². The Balaban J connectivity index is 2.60. The Bertz CT molecular complexity index is 291. The summed E-state index contributed by atoms with van der Waals surface area (Å²) in [6.07, 6.45) is 5.42. The normalized spacial score (nSPS) is 13.3. The summed E-state index contributed by atoms with van der Waals surface area (Å²) in [5, 5.41) is 3.61. The Labute approximate surface area is 99.4 Å². The maximum atomic E-state index is 5.39. The molecule has 0 aliphatic heterocycles. The average molecular weight is 223 g/mol. The van der Waals surface area contributed by atoms with E-state index in [0.29, 0.717) is 6.04 Å². The molecule has 0 saturated heterocycles. The van der Waals surface area contributed by atoms with Crippen molar-refractivity contribution in [3.63, 3.8) is 0 Å². The lowest BCUT2D eigenvalue weighted by Crippen LogP contribution is -2.22. The van der Waals surface area contributed by atoms with Crippen molar-refractivity contribution in [1.29, 1.82) is 0 Å². The molecular formula is C14H25NO. The van der Waals surface area contributed by atoms with Crippen LogP contribution in [-0.4, -0.2) is 6.54 Å². The van der Waals surface area contributed by atoms with Gasteiger partial charge in [0.25, 0.3) is 0 Å². The number of nitrogens with one attached hydrogen (secondary N) is 1. The van der Waals surface area contributed by atoms with Gasteiger partial charge in [-0.05, 0) is 44.7 Å². The highest BCUT2D eigenvalue weighted by atomic mass is 16.3. The van der Waals surface area contributed by atoms with Gasteiger partial charge in [-0.2, -0.15) is 0 Å². The van der Waals surface area contributed by atoms with E-state index in [0.717, 1.165) is 18.2 Å². The molecule has 0 spiro atoms. The van der Waals surface area contributed by atoms with Gasteiger partial charge in [0.2, 0.25) is 0 Å². The molecule has 1 N–H and O–H groups in total. The predicted molar refractivity (Wildman–Crippen MR) is 68.6 cm³/mol. The lowest BCUT2D eigenvalue weighted by molar-refractivity contribution is 0.431. The van der Waals surface area contributed by atoms with Crippen LogP contribution >= 0.6 is 0 Å². The first-order valence-corrected chi connectivity index (χ1v) is 6.42. The van der Waals surface area contributed by atoms with Gasteiger partial charge >= 0.3 is 0 Å². The fraction of sp³-hybridized carbons (Fsp3) is 0.714. The molecule has 0 aliphatic rings. The molecule has 0 bridgehead atoms. The maximum Gasteiger partial charge on any atom is 0.105 e. The molecule has 0 saturated carbocycles. The molecule has 1 unspecified atom stereocenters. The lowest BCUT2D eigenvalue weighted by atomic mass is 9.98. The van der Waals surface area contributed by atoms with Crippen LogP contribution in [0.4, 0.5) is 0 Å². The molecule has 92 valence electrons. The summed E-state index contributed by atoms with van der Waals surface area (Å²) in [6.45, 7) is 9.88. The quantitative estimate of drug-likeness (QED) is 0.754. The molecule has 2 nitrogen and oxygen atoms in total. The van der Waals surface area contributed by atoms with Crippen LogP contribution in [0, 0.1) is 12.8 Å². The minimum absolute atomic E-state index is 0.459. The molecule has 0 fully saturated rings. The largest absolute Gasteiger partial charge is 0.469 e. The highest BCUT2D eigenvalue weighted by molar-refractivity contribution is 5.20. The van der Waals surface area contributed by atoms with Crippen molar-refractivity contribution in [2.75, 3.05) is 6.54 Å². The second kappa shape index (κ2) is 6.74. The zero-order valence-electron chi connectivity index (χ0n) is 11.0. The van der Waals surface area contributed by atoms with E-state index in [1.165, 1.54) is 24.8 Å². The van der Waals surface area contributed by atoms with E-state index in [4.69, 9.17) is 4.42 Å². The minimum atomic E-state index is 0.459. The molecule has 0 aliphatic carbocycles. The van der Waals surface area contributed by atoms with Crippen molar-refractivity contribution in [2.45, 2.75) is 53.0 Å². The Morgan fingerprint density at radius 2 is 2.06 bits per heavy atom. The Hall–Kier alpha value is -0.760. The van der Waals surface area contributed by atoms with E-state index in [9.17, 15) is 0 Å². The third-order valence-electron chi connectivity index (χ3n) is 2.95. The van der Waals surface area contributed by atoms with Gasteiger partial charge in [0.1, 0.15) is 5.76 Å². The molecule has 1 heterocycles. The predicted octanol–water partition coefficient (Wildman–Crippen LogP) is 4.06. The highest BCUT2D eigenvalue weighted by Gasteiger charge is 2.15. The molecule has 0 amide bonds. The maximum absolute atomic E-state index is 5.39. The van der Waals surface area contributed by atoms with Crippen LogP contribution in [0.15, 0.2) is 16.7 Å². The zero-order chi connectivity index (χ0) is 12.0. The van der Waals surface area contributed by atoms with Crippen molar-refractivity contribution in [2.24, 2.45) is 5.92 Å². The SMILES string of the molecule is CCCNC(CCC(C)C)c1ccoc1C. The van der Waals surface area contributed by atoms with Gasteiger partial charge in [-0.1, -0.05) is 20.8 Å². The number of hydrogen-bond donors (Lipinski definition) is 1. The van der Waals surface area contributed by atoms with Crippen LogP contribution in [0.3, 0.4) is 0 Å². The van der Waals surface area contributed by atoms with E-state index in [1.807, 2.05) is 6.92 Å². The first kappa shape index (κ1) is 13.3. The van der Waals surface area contributed by atoms with Gasteiger partial charge < -0.3 is 9.73 Å². The first-order valence-electron chi connectivity index (χ1n) is 6.42. The van der Waals surface area contributed by atoms with Gasteiger partial charge in [0.05, 0.1) is 6.26 Å². The Morgan fingerprint density at radius 1 is 1.31 bits per heavy atom. The van der Waals surface area contributed by atoms with E-state index in [-0.39, 0.29) is 0 Å². The number of hydrogen-bond acceptors (Lipinski definition) is 2. The molecule has 1 rings (SSSR count). The first-order chi connectivity index (χ1) is 7.65. The van der Waals surface area contributed by atoms with Gasteiger partial charge in [-0.25, -0.2) is 0 Å². The van der Waals surface area contributed by atoms with Crippen molar-refractivity contribution < 1.29 is 4.42 Å². The second-order valence-electron chi connectivity index (χ2n) is 4.91.